The summed E-state index contributed by atoms with van der Waals surface area (Å²) in [6.07, 6.45) is 3.91. The molecule has 0 aliphatic rings. The molecular weight excluding hydrogens is 522 g/mol. The quantitative estimate of drug-likeness (QED) is 0.103. The first-order valence-electron chi connectivity index (χ1n) is 14.4. The first kappa shape index (κ1) is 28.5. The molecule has 0 aliphatic heterocycles. The van der Waals surface area contributed by atoms with Gasteiger partial charge in [0.05, 0.1) is 31.8 Å². The second-order valence-electron chi connectivity index (χ2n) is 11.9. The number of benzene rings is 3. The highest BCUT2D eigenvalue weighted by atomic mass is 28.3. The first-order valence-corrected chi connectivity index (χ1v) is 17.9. The van der Waals surface area contributed by atoms with E-state index in [0.29, 0.717) is 11.5 Å². The summed E-state index contributed by atoms with van der Waals surface area (Å²) in [6.45, 7) is 12.3. The summed E-state index contributed by atoms with van der Waals surface area (Å²) in [5.74, 6) is 1.04. The van der Waals surface area contributed by atoms with E-state index in [4.69, 9.17) is 9.72 Å². The van der Waals surface area contributed by atoms with E-state index in [1.807, 2.05) is 24.4 Å². The number of aromatic nitrogens is 2. The smallest absolute Gasteiger partial charge is 0.337 e. The van der Waals surface area contributed by atoms with Crippen LogP contribution < -0.4 is 10.1 Å². The summed E-state index contributed by atoms with van der Waals surface area (Å²) < 4.78 is 5.19. The second kappa shape index (κ2) is 11.8. The van der Waals surface area contributed by atoms with Gasteiger partial charge in [0, 0.05) is 29.2 Å². The van der Waals surface area contributed by atoms with Gasteiger partial charge in [-0.3, -0.25) is 4.98 Å². The minimum absolute atomic E-state index is 0.349. The lowest BCUT2D eigenvalue weighted by Gasteiger charge is -2.27. The van der Waals surface area contributed by atoms with Gasteiger partial charge >= 0.3 is 5.97 Å². The molecule has 2 heterocycles. The van der Waals surface area contributed by atoms with Gasteiger partial charge in [-0.15, -0.1) is 0 Å². The molecule has 1 atom stereocenters. The van der Waals surface area contributed by atoms with E-state index in [1.54, 1.807) is 0 Å². The summed E-state index contributed by atoms with van der Waals surface area (Å²) in [6, 6.07) is 27.2. The zero-order chi connectivity index (χ0) is 29.1. The molecule has 5 aromatic rings. The Labute approximate surface area is 244 Å². The number of nitrogens with zero attached hydrogens (tertiary/aromatic N) is 3. The van der Waals surface area contributed by atoms with Gasteiger partial charge in [0.1, 0.15) is 5.82 Å². The molecule has 0 radical (unpaired) electrons. The largest absolute Gasteiger partial charge is 0.465 e. The Morgan fingerprint density at radius 1 is 0.902 bits per heavy atom. The summed E-state index contributed by atoms with van der Waals surface area (Å²) in [4.78, 5) is 25.0. The molecule has 0 saturated heterocycles. The van der Waals surface area contributed by atoms with Crippen molar-refractivity contribution in [1.29, 1.82) is 0 Å². The third-order valence-corrected chi connectivity index (χ3v) is 9.99. The Hall–Kier alpha value is -4.03. The molecule has 41 heavy (non-hydrogen) atoms. The van der Waals surface area contributed by atoms with Crippen LogP contribution in [0.2, 0.25) is 19.6 Å². The Bertz CT molecular complexity index is 1710. The fourth-order valence-corrected chi connectivity index (χ4v) is 6.31. The molecule has 0 bridgehead atoms. The van der Waals surface area contributed by atoms with Crippen molar-refractivity contribution >= 4 is 52.5 Å². The maximum atomic E-state index is 12.9. The molecule has 0 amide bonds. The van der Waals surface area contributed by atoms with Crippen LogP contribution in [0.5, 0.6) is 0 Å². The molecule has 6 heteroatoms. The molecular formula is C35H39N3O2Si. The van der Waals surface area contributed by atoms with Gasteiger partial charge in [-0.1, -0.05) is 87.6 Å². The Morgan fingerprint density at radius 3 is 2.39 bits per heavy atom. The van der Waals surface area contributed by atoms with Gasteiger partial charge in [0.25, 0.3) is 0 Å². The van der Waals surface area contributed by atoms with Gasteiger partial charge < -0.3 is 9.64 Å². The number of hydrogen-bond donors (Lipinski definition) is 0. The Morgan fingerprint density at radius 2 is 1.66 bits per heavy atom. The molecule has 0 spiro atoms. The highest BCUT2D eigenvalue weighted by Gasteiger charge is 2.20. The van der Waals surface area contributed by atoms with Crippen LogP contribution in [0.1, 0.15) is 37.0 Å². The van der Waals surface area contributed by atoms with E-state index in [1.165, 1.54) is 12.3 Å². The average Bonchev–Trinajstić information content (AvgIpc) is 3.00. The zero-order valence-corrected chi connectivity index (χ0v) is 25.9. The maximum Gasteiger partial charge on any atom is 0.337 e. The molecule has 5 rings (SSSR count). The molecule has 5 nitrogen and oxygen atoms in total. The molecule has 210 valence electrons. The number of carbonyl (C=O) groups excluding carboxylic acids is 1. The van der Waals surface area contributed by atoms with Crippen molar-refractivity contribution in [3.63, 3.8) is 0 Å². The molecule has 3 aromatic carbocycles. The monoisotopic (exact) mass is 561 g/mol. The van der Waals surface area contributed by atoms with E-state index in [2.05, 4.69) is 104 Å². The van der Waals surface area contributed by atoms with Crippen molar-refractivity contribution in [3.05, 3.63) is 90.6 Å². The Kier molecular flexibility index (Phi) is 8.22. The van der Waals surface area contributed by atoms with Crippen molar-refractivity contribution in [1.82, 2.24) is 9.97 Å². The van der Waals surface area contributed by atoms with Crippen LogP contribution in [0.15, 0.2) is 85.1 Å². The van der Waals surface area contributed by atoms with Crippen LogP contribution in [0, 0.1) is 5.92 Å². The third kappa shape index (κ3) is 6.18. The number of methoxy groups -OCH3 is 1. The van der Waals surface area contributed by atoms with E-state index in [9.17, 15) is 4.79 Å². The number of carbonyl (C=O) groups is 1. The fourth-order valence-electron chi connectivity index (χ4n) is 5.13. The van der Waals surface area contributed by atoms with Gasteiger partial charge in [-0.05, 0) is 59.9 Å². The highest BCUT2D eigenvalue weighted by molar-refractivity contribution is 6.88. The van der Waals surface area contributed by atoms with Gasteiger partial charge in [0.2, 0.25) is 0 Å². The van der Waals surface area contributed by atoms with E-state index < -0.39 is 8.07 Å². The van der Waals surface area contributed by atoms with Crippen LogP contribution in [-0.4, -0.2) is 37.7 Å². The van der Waals surface area contributed by atoms with Crippen LogP contribution in [0.3, 0.4) is 0 Å². The molecule has 0 saturated carbocycles. The normalized spacial score (nSPS) is 12.4. The standard InChI is InChI=1S/C35H39N3O2Si/c1-7-24(2)17-19-38(32-16-15-26-14-13-25-11-9-18-36-33(25)34(26)37-32)30-21-28(20-29(22-30)35(39)40-3)27-10-8-12-31(23-27)41(4,5)6/h8-16,18,20-24H,7,17,19H2,1-6H3. The summed E-state index contributed by atoms with van der Waals surface area (Å²) in [5.41, 5.74) is 5.30. The average molecular weight is 562 g/mol. The number of rotatable bonds is 9. The van der Waals surface area contributed by atoms with Crippen molar-refractivity contribution in [2.45, 2.75) is 46.3 Å². The second-order valence-corrected chi connectivity index (χ2v) is 17.0. The summed E-state index contributed by atoms with van der Waals surface area (Å²) >= 11 is 0. The number of esters is 1. The van der Waals surface area contributed by atoms with Crippen molar-refractivity contribution in [2.75, 3.05) is 18.6 Å². The van der Waals surface area contributed by atoms with Gasteiger partial charge in [-0.2, -0.15) is 0 Å². The van der Waals surface area contributed by atoms with E-state index >= 15 is 0 Å². The van der Waals surface area contributed by atoms with Crippen molar-refractivity contribution in [3.8, 4) is 11.1 Å². The molecule has 0 aliphatic carbocycles. The predicted octanol–water partition coefficient (Wildman–Crippen LogP) is 8.36. The maximum absolute atomic E-state index is 12.9. The number of anilines is 2. The highest BCUT2D eigenvalue weighted by Crippen LogP contribution is 2.33. The lowest BCUT2D eigenvalue weighted by molar-refractivity contribution is 0.0601. The SMILES string of the molecule is CCC(C)CCN(c1cc(C(=O)OC)cc(-c2cccc([Si](C)(C)C)c2)c1)c1ccc2ccc3cccnc3c2n1. The minimum Gasteiger partial charge on any atom is -0.465 e. The van der Waals surface area contributed by atoms with Crippen LogP contribution >= 0.6 is 0 Å². The van der Waals surface area contributed by atoms with E-state index in [0.717, 1.165) is 63.8 Å². The molecule has 0 N–H and O–H groups in total. The number of pyridine rings is 2. The first-order chi connectivity index (χ1) is 19.7. The van der Waals surface area contributed by atoms with Crippen molar-refractivity contribution < 1.29 is 9.53 Å². The summed E-state index contributed by atoms with van der Waals surface area (Å²) in [5, 5.41) is 3.49. The predicted molar refractivity (Wildman–Crippen MR) is 174 cm³/mol. The van der Waals surface area contributed by atoms with Crippen LogP contribution in [0.25, 0.3) is 32.9 Å². The van der Waals surface area contributed by atoms with Crippen LogP contribution in [0.4, 0.5) is 11.5 Å². The number of ether oxygens (including phenoxy) is 1. The number of hydrogen-bond acceptors (Lipinski definition) is 5. The lowest BCUT2D eigenvalue weighted by atomic mass is 10.0. The molecule has 0 fully saturated rings. The van der Waals surface area contributed by atoms with E-state index in [-0.39, 0.29) is 5.97 Å². The van der Waals surface area contributed by atoms with Gasteiger partial charge in [0.15, 0.2) is 0 Å². The van der Waals surface area contributed by atoms with Crippen LogP contribution in [-0.2, 0) is 4.74 Å². The van der Waals surface area contributed by atoms with Gasteiger partial charge in [-0.25, -0.2) is 9.78 Å². The summed E-state index contributed by atoms with van der Waals surface area (Å²) in [7, 11) is -0.0894. The number of fused-ring (bicyclic) bond motifs is 3. The topological polar surface area (TPSA) is 55.3 Å². The zero-order valence-electron chi connectivity index (χ0n) is 24.9. The third-order valence-electron chi connectivity index (χ3n) is 7.95. The fraction of sp³-hybridized carbons (Fsp3) is 0.286. The minimum atomic E-state index is -1.52. The van der Waals surface area contributed by atoms with Crippen molar-refractivity contribution in [2.24, 2.45) is 5.92 Å². The Balaban J connectivity index is 1.69. The molecule has 1 unspecified atom stereocenters. The molecule has 2 aromatic heterocycles. The lowest BCUT2D eigenvalue weighted by Crippen LogP contribution is -2.37.